The first-order valence-corrected chi connectivity index (χ1v) is 16.3. The second-order valence-electron chi connectivity index (χ2n) is 12.1. The molecule has 4 rings (SSSR count). The number of hydrogen-bond donors (Lipinski definition) is 4. The predicted molar refractivity (Wildman–Crippen MR) is 163 cm³/mol. The third-order valence-electron chi connectivity index (χ3n) is 8.27. The Balaban J connectivity index is 1.65. The molecule has 2 aliphatic heterocycles. The van der Waals surface area contributed by atoms with Gasteiger partial charge in [-0.2, -0.15) is 4.72 Å². The van der Waals surface area contributed by atoms with Crippen molar-refractivity contribution < 1.29 is 46.8 Å². The van der Waals surface area contributed by atoms with Crippen LogP contribution in [0, 0.1) is 11.3 Å². The summed E-state index contributed by atoms with van der Waals surface area (Å²) in [5, 5.41) is 14.6. The van der Waals surface area contributed by atoms with Gasteiger partial charge in [0.2, 0.25) is 10.0 Å². The van der Waals surface area contributed by atoms with E-state index in [0.717, 1.165) is 0 Å². The lowest BCUT2D eigenvalue weighted by Crippen LogP contribution is -2.68. The lowest BCUT2D eigenvalue weighted by atomic mass is 9.81. The maximum absolute atomic E-state index is 13.9. The summed E-state index contributed by atoms with van der Waals surface area (Å²) in [7, 11) is -2.86. The van der Waals surface area contributed by atoms with Crippen LogP contribution in [0.3, 0.4) is 0 Å². The fraction of sp³-hybridized carbons (Fsp3) is 0.548. The van der Waals surface area contributed by atoms with Gasteiger partial charge in [0.25, 0.3) is 0 Å². The van der Waals surface area contributed by atoms with Crippen molar-refractivity contribution in [3.8, 4) is 5.75 Å². The molecular weight excluding hydrogens is 606 g/mol. The lowest BCUT2D eigenvalue weighted by molar-refractivity contribution is -0.0907. The molecule has 0 aliphatic carbocycles. The molecule has 0 spiro atoms. The molecule has 14 heteroatoms. The summed E-state index contributed by atoms with van der Waals surface area (Å²) in [6, 6.07) is 14.7. The van der Waals surface area contributed by atoms with Crippen molar-refractivity contribution in [1.82, 2.24) is 10.0 Å². The highest BCUT2D eigenvalue weighted by Crippen LogP contribution is 2.34. The minimum absolute atomic E-state index is 0.0624. The Hall–Kier alpha value is -3.43. The smallest absolute Gasteiger partial charge is 0.409 e. The van der Waals surface area contributed by atoms with Crippen molar-refractivity contribution in [3.05, 3.63) is 60.2 Å². The van der Waals surface area contributed by atoms with E-state index >= 15 is 0 Å². The van der Waals surface area contributed by atoms with Gasteiger partial charge in [0.05, 0.1) is 43.8 Å². The van der Waals surface area contributed by atoms with E-state index in [1.54, 1.807) is 24.3 Å². The molecule has 45 heavy (non-hydrogen) atoms. The van der Waals surface area contributed by atoms with Gasteiger partial charge >= 0.3 is 12.2 Å². The molecule has 2 amide bonds. The van der Waals surface area contributed by atoms with Gasteiger partial charge in [-0.1, -0.05) is 44.2 Å². The van der Waals surface area contributed by atoms with Gasteiger partial charge in [-0.05, 0) is 60.9 Å². The molecule has 2 fully saturated rings. The van der Waals surface area contributed by atoms with E-state index in [9.17, 15) is 23.1 Å². The molecular formula is C31H43N3O10S. The first kappa shape index (κ1) is 34.4. The van der Waals surface area contributed by atoms with Crippen LogP contribution in [0.15, 0.2) is 59.5 Å². The van der Waals surface area contributed by atoms with E-state index in [1.807, 2.05) is 19.9 Å². The first-order chi connectivity index (χ1) is 21.3. The molecule has 5 atom stereocenters. The van der Waals surface area contributed by atoms with E-state index in [2.05, 4.69) is 10.0 Å². The van der Waals surface area contributed by atoms with Crippen LogP contribution in [0.4, 0.5) is 9.59 Å². The molecule has 13 nitrogen and oxygen atoms in total. The molecule has 0 radical (unpaired) electrons. The van der Waals surface area contributed by atoms with Crippen molar-refractivity contribution in [2.24, 2.45) is 17.1 Å². The van der Waals surface area contributed by atoms with Crippen molar-refractivity contribution >= 4 is 22.2 Å². The van der Waals surface area contributed by atoms with E-state index in [-0.39, 0.29) is 36.9 Å². The number of amides is 2. The molecule has 2 saturated heterocycles. The highest BCUT2D eigenvalue weighted by molar-refractivity contribution is 7.89. The zero-order valence-electron chi connectivity index (χ0n) is 25.8. The predicted octanol–water partition coefficient (Wildman–Crippen LogP) is 3.05. The number of nitrogens with two attached hydrogens (primary N) is 1. The number of rotatable bonds is 15. The third-order valence-corrected chi connectivity index (χ3v) is 9.79. The van der Waals surface area contributed by atoms with Gasteiger partial charge in [-0.25, -0.2) is 18.0 Å². The number of aliphatic hydroxyl groups is 1. The fourth-order valence-corrected chi connectivity index (χ4v) is 6.92. The summed E-state index contributed by atoms with van der Waals surface area (Å²) in [5.74, 6) is 0.311. The van der Waals surface area contributed by atoms with Crippen molar-refractivity contribution in [1.29, 1.82) is 0 Å². The SMILES string of the molecule is COc1ccc(S(=O)(=O)N[C@](Cc2ccccc2)(NC(=O)O[C@H]2CO[C@H]3OCC[C@H]32)[C@H](O)CCC(C)(C)CCOC(N)=O)cc1. The molecule has 2 heterocycles. The van der Waals surface area contributed by atoms with Gasteiger partial charge in [0.15, 0.2) is 6.29 Å². The number of hydrogen-bond acceptors (Lipinski definition) is 10. The molecule has 0 saturated carbocycles. The minimum atomic E-state index is -4.32. The molecule has 2 aromatic rings. The summed E-state index contributed by atoms with van der Waals surface area (Å²) in [6.45, 7) is 4.54. The Kier molecular flexibility index (Phi) is 11.3. The second-order valence-corrected chi connectivity index (χ2v) is 13.8. The highest BCUT2D eigenvalue weighted by Gasteiger charge is 2.47. The van der Waals surface area contributed by atoms with Crippen molar-refractivity contribution in [2.75, 3.05) is 26.9 Å². The number of carbonyl (C=O) groups excluding carboxylic acids is 2. The average Bonchev–Trinajstić information content (AvgIpc) is 3.61. The number of carbonyl (C=O) groups is 2. The Bertz CT molecular complexity index is 1390. The summed E-state index contributed by atoms with van der Waals surface area (Å²) >= 11 is 0. The minimum Gasteiger partial charge on any atom is -0.497 e. The first-order valence-electron chi connectivity index (χ1n) is 14.9. The number of primary amides is 1. The molecule has 5 N–H and O–H groups in total. The fourth-order valence-electron chi connectivity index (χ4n) is 5.57. The zero-order chi connectivity index (χ0) is 32.7. The van der Waals surface area contributed by atoms with Crippen molar-refractivity contribution in [3.63, 3.8) is 0 Å². The maximum atomic E-state index is 13.9. The van der Waals surface area contributed by atoms with Crippen molar-refractivity contribution in [2.45, 2.75) is 75.0 Å². The van der Waals surface area contributed by atoms with Crippen LogP contribution in [-0.2, 0) is 35.4 Å². The number of aliphatic hydroxyl groups excluding tert-OH is 1. The number of sulfonamides is 1. The van der Waals surface area contributed by atoms with Crippen LogP contribution in [0.2, 0.25) is 0 Å². The lowest BCUT2D eigenvalue weighted by Gasteiger charge is -2.40. The summed E-state index contributed by atoms with van der Waals surface area (Å²) < 4.78 is 57.3. The maximum Gasteiger partial charge on any atom is 0.409 e. The Labute approximate surface area is 263 Å². The topological polar surface area (TPSA) is 185 Å². The number of benzene rings is 2. The number of ether oxygens (including phenoxy) is 5. The Morgan fingerprint density at radius 2 is 1.80 bits per heavy atom. The number of methoxy groups -OCH3 is 1. The average molecular weight is 650 g/mol. The van der Waals surface area contributed by atoms with Gasteiger partial charge in [0.1, 0.15) is 17.5 Å². The van der Waals surface area contributed by atoms with Crippen LogP contribution in [0.5, 0.6) is 5.75 Å². The van der Waals surface area contributed by atoms with Crippen LogP contribution in [-0.4, -0.2) is 76.8 Å². The second kappa shape index (κ2) is 14.8. The summed E-state index contributed by atoms with van der Waals surface area (Å²) in [5.41, 5.74) is 3.36. The molecule has 0 aromatic heterocycles. The van der Waals surface area contributed by atoms with Gasteiger partial charge in [-0.3, -0.25) is 5.32 Å². The Morgan fingerprint density at radius 1 is 1.09 bits per heavy atom. The van der Waals surface area contributed by atoms with Crippen LogP contribution < -0.4 is 20.5 Å². The molecule has 2 aromatic carbocycles. The number of alkyl carbamates (subject to hydrolysis) is 1. The molecule has 0 bridgehead atoms. The van der Waals surface area contributed by atoms with Crippen LogP contribution >= 0.6 is 0 Å². The van der Waals surface area contributed by atoms with E-state index in [1.165, 1.54) is 31.4 Å². The van der Waals surface area contributed by atoms with E-state index in [0.29, 0.717) is 37.2 Å². The van der Waals surface area contributed by atoms with Crippen LogP contribution in [0.1, 0.15) is 45.1 Å². The largest absolute Gasteiger partial charge is 0.497 e. The zero-order valence-corrected chi connectivity index (χ0v) is 26.6. The highest BCUT2D eigenvalue weighted by atomic mass is 32.2. The third kappa shape index (κ3) is 9.30. The molecule has 0 unspecified atom stereocenters. The summed E-state index contributed by atoms with van der Waals surface area (Å²) in [6.07, 6.45) is -2.88. The monoisotopic (exact) mass is 649 g/mol. The Morgan fingerprint density at radius 3 is 2.47 bits per heavy atom. The van der Waals surface area contributed by atoms with Gasteiger partial charge in [0, 0.05) is 6.42 Å². The number of nitrogens with one attached hydrogen (secondary N) is 2. The van der Waals surface area contributed by atoms with Gasteiger partial charge in [-0.15, -0.1) is 0 Å². The van der Waals surface area contributed by atoms with E-state index < -0.39 is 51.8 Å². The van der Waals surface area contributed by atoms with E-state index in [4.69, 9.17) is 29.4 Å². The van der Waals surface area contributed by atoms with Crippen LogP contribution in [0.25, 0.3) is 0 Å². The normalized spacial score (nSPS) is 21.7. The standard InChI is InChI=1S/C31H43N3O10S/c1-30(2,16-18-42-28(32)36)15-13-26(35)31(19-21-7-5-4-6-8-21,34-45(38,39)23-11-9-22(40-3)10-12-23)33-29(37)44-25-20-43-27-24(25)14-17-41-27/h4-12,24-27,34-35H,13-20H2,1-3H3,(H2,32,36)(H,33,37)/t24-,25-,26+,27+,31-/m0/s1. The summed E-state index contributed by atoms with van der Waals surface area (Å²) in [4.78, 5) is 24.5. The quantitative estimate of drug-likeness (QED) is 0.209. The van der Waals surface area contributed by atoms with Gasteiger partial charge < -0.3 is 34.5 Å². The number of fused-ring (bicyclic) bond motifs is 1. The molecule has 248 valence electrons. The molecule has 2 aliphatic rings.